The second-order valence-corrected chi connectivity index (χ2v) is 3.22. The molecule has 0 amide bonds. The number of rotatable bonds is 3. The molecular weight excluding hydrogens is 217 g/mol. The number of thiol groups is 1. The van der Waals surface area contributed by atoms with Gasteiger partial charge in [0.25, 0.3) is 0 Å². The monoisotopic (exact) mass is 227 g/mol. The fraction of sp³-hybridized carbons (Fsp3) is 0.100. The molecule has 0 atom stereocenters. The minimum absolute atomic E-state index is 0.0805. The van der Waals surface area contributed by atoms with E-state index in [1.54, 1.807) is 6.08 Å². The molecule has 0 spiro atoms. The smallest absolute Gasteiger partial charge is 0.337 e. The molecule has 0 aliphatic carbocycles. The molecule has 1 rings (SSSR count). The molecule has 0 aromatic heterocycles. The number of hydrogen-bond donors (Lipinski definition) is 3. The Hall–Kier alpha value is -1.49. The Bertz CT molecular complexity index is 418. The molecule has 3 N–H and O–H groups in total. The second kappa shape index (κ2) is 4.84. The fourth-order valence-electron chi connectivity index (χ4n) is 1.10. The van der Waals surface area contributed by atoms with Crippen LogP contribution in [0.2, 0.25) is 0 Å². The average Bonchev–Trinajstić information content (AvgIpc) is 2.16. The number of hydrogen-bond acceptors (Lipinski definition) is 3. The predicted molar refractivity (Wildman–Crippen MR) is 60.7 cm³/mol. The number of anilines is 1. The van der Waals surface area contributed by atoms with E-state index in [9.17, 15) is 9.18 Å². The van der Waals surface area contributed by atoms with Crippen molar-refractivity contribution in [2.75, 3.05) is 11.5 Å². The maximum absolute atomic E-state index is 13.3. The molecule has 0 heterocycles. The van der Waals surface area contributed by atoms with Crippen molar-refractivity contribution >= 4 is 30.4 Å². The van der Waals surface area contributed by atoms with E-state index in [0.717, 1.165) is 6.07 Å². The highest BCUT2D eigenvalue weighted by atomic mass is 32.1. The van der Waals surface area contributed by atoms with Crippen LogP contribution in [0.5, 0.6) is 0 Å². The number of halogens is 1. The van der Waals surface area contributed by atoms with E-state index in [2.05, 4.69) is 12.6 Å². The van der Waals surface area contributed by atoms with Crippen LogP contribution in [0.4, 0.5) is 10.1 Å². The van der Waals surface area contributed by atoms with Crippen molar-refractivity contribution in [2.45, 2.75) is 0 Å². The number of nitrogen functional groups attached to an aromatic ring is 1. The summed E-state index contributed by atoms with van der Waals surface area (Å²) in [5.74, 6) is -1.27. The van der Waals surface area contributed by atoms with Gasteiger partial charge in [0.1, 0.15) is 5.82 Å². The standard InChI is InChI=1S/C10H10FNO2S/c11-8-5-9(12)7(10(13)14)4-6(8)2-1-3-15/h1-2,4-5,15H,3,12H2,(H,13,14). The summed E-state index contributed by atoms with van der Waals surface area (Å²) < 4.78 is 13.3. The first-order chi connectivity index (χ1) is 7.06. The molecule has 3 nitrogen and oxygen atoms in total. The van der Waals surface area contributed by atoms with E-state index in [1.165, 1.54) is 12.1 Å². The molecule has 0 saturated carbocycles. The first-order valence-corrected chi connectivity index (χ1v) is 4.79. The average molecular weight is 227 g/mol. The zero-order valence-electron chi connectivity index (χ0n) is 7.77. The Balaban J connectivity index is 3.23. The van der Waals surface area contributed by atoms with E-state index >= 15 is 0 Å². The van der Waals surface area contributed by atoms with Crippen molar-refractivity contribution in [3.05, 3.63) is 35.2 Å². The van der Waals surface area contributed by atoms with Gasteiger partial charge in [0.2, 0.25) is 0 Å². The first-order valence-electron chi connectivity index (χ1n) is 4.16. The topological polar surface area (TPSA) is 63.3 Å². The lowest BCUT2D eigenvalue weighted by Crippen LogP contribution is -2.04. The lowest BCUT2D eigenvalue weighted by molar-refractivity contribution is 0.0698. The van der Waals surface area contributed by atoms with Gasteiger partial charge in [0.15, 0.2) is 0 Å². The van der Waals surface area contributed by atoms with Crippen LogP contribution in [0.25, 0.3) is 6.08 Å². The summed E-state index contributed by atoms with van der Waals surface area (Å²) in [5.41, 5.74) is 5.37. The summed E-state index contributed by atoms with van der Waals surface area (Å²) in [6.45, 7) is 0. The maximum atomic E-state index is 13.3. The maximum Gasteiger partial charge on any atom is 0.337 e. The van der Waals surface area contributed by atoms with Gasteiger partial charge in [-0.1, -0.05) is 12.2 Å². The minimum Gasteiger partial charge on any atom is -0.478 e. The number of carbonyl (C=O) groups is 1. The van der Waals surface area contributed by atoms with Gasteiger partial charge in [-0.2, -0.15) is 12.6 Å². The van der Waals surface area contributed by atoms with Crippen LogP contribution in [0.1, 0.15) is 15.9 Å². The zero-order valence-corrected chi connectivity index (χ0v) is 8.67. The SMILES string of the molecule is Nc1cc(F)c(C=CCS)cc1C(=O)O. The second-order valence-electron chi connectivity index (χ2n) is 2.85. The number of aromatic carboxylic acids is 1. The normalized spacial score (nSPS) is 10.8. The quantitative estimate of drug-likeness (QED) is 0.547. The van der Waals surface area contributed by atoms with Crippen LogP contribution in [-0.2, 0) is 0 Å². The summed E-state index contributed by atoms with van der Waals surface area (Å²) in [4.78, 5) is 10.7. The molecule has 1 aromatic carbocycles. The Labute approximate surface area is 91.8 Å². The lowest BCUT2D eigenvalue weighted by atomic mass is 10.1. The highest BCUT2D eigenvalue weighted by molar-refractivity contribution is 7.80. The third-order valence-electron chi connectivity index (χ3n) is 1.80. The van der Waals surface area contributed by atoms with Gasteiger partial charge in [0.05, 0.1) is 5.56 Å². The molecule has 0 unspecified atom stereocenters. The predicted octanol–water partition coefficient (Wildman–Crippen LogP) is 2.05. The van der Waals surface area contributed by atoms with E-state index < -0.39 is 11.8 Å². The van der Waals surface area contributed by atoms with Crippen LogP contribution in [0.15, 0.2) is 18.2 Å². The summed E-state index contributed by atoms with van der Waals surface area (Å²) in [7, 11) is 0. The fourth-order valence-corrected chi connectivity index (χ4v) is 1.20. The molecule has 15 heavy (non-hydrogen) atoms. The van der Waals surface area contributed by atoms with Crippen molar-refractivity contribution < 1.29 is 14.3 Å². The van der Waals surface area contributed by atoms with Crippen LogP contribution in [-0.4, -0.2) is 16.8 Å². The third-order valence-corrected chi connectivity index (χ3v) is 2.01. The van der Waals surface area contributed by atoms with Crippen molar-refractivity contribution in [3.63, 3.8) is 0 Å². The highest BCUT2D eigenvalue weighted by Crippen LogP contribution is 2.19. The number of carboxylic acid groups (broad SMARTS) is 1. The molecule has 1 aromatic rings. The Morgan fingerprint density at radius 2 is 2.27 bits per heavy atom. The molecule has 5 heteroatoms. The number of benzene rings is 1. The molecular formula is C10H10FNO2S. The Kier molecular flexibility index (Phi) is 3.74. The van der Waals surface area contributed by atoms with Crippen molar-refractivity contribution in [3.8, 4) is 0 Å². The van der Waals surface area contributed by atoms with Gasteiger partial charge in [-0.15, -0.1) is 0 Å². The van der Waals surface area contributed by atoms with Crippen LogP contribution >= 0.6 is 12.6 Å². The Morgan fingerprint density at radius 1 is 1.60 bits per heavy atom. The first kappa shape index (κ1) is 11.6. The summed E-state index contributed by atoms with van der Waals surface area (Å²) in [6.07, 6.45) is 3.08. The summed E-state index contributed by atoms with van der Waals surface area (Å²) >= 11 is 3.92. The Morgan fingerprint density at radius 3 is 2.80 bits per heavy atom. The van der Waals surface area contributed by atoms with Crippen LogP contribution < -0.4 is 5.73 Å². The van der Waals surface area contributed by atoms with Gasteiger partial charge in [0, 0.05) is 17.0 Å². The van der Waals surface area contributed by atoms with E-state index in [-0.39, 0.29) is 16.8 Å². The van der Waals surface area contributed by atoms with Crippen molar-refractivity contribution in [1.82, 2.24) is 0 Å². The molecule has 0 radical (unpaired) electrons. The van der Waals surface area contributed by atoms with Gasteiger partial charge >= 0.3 is 5.97 Å². The summed E-state index contributed by atoms with van der Waals surface area (Å²) in [6, 6.07) is 2.20. The number of nitrogens with two attached hydrogens (primary N) is 1. The highest BCUT2D eigenvalue weighted by Gasteiger charge is 2.11. The van der Waals surface area contributed by atoms with E-state index in [0.29, 0.717) is 5.75 Å². The minimum atomic E-state index is -1.17. The lowest BCUT2D eigenvalue weighted by Gasteiger charge is -2.03. The van der Waals surface area contributed by atoms with E-state index in [1.807, 2.05) is 0 Å². The molecule has 0 aliphatic rings. The van der Waals surface area contributed by atoms with Crippen LogP contribution in [0.3, 0.4) is 0 Å². The number of carboxylic acids is 1. The molecule has 0 saturated heterocycles. The van der Waals surface area contributed by atoms with E-state index in [4.69, 9.17) is 10.8 Å². The molecule has 0 bridgehead atoms. The van der Waals surface area contributed by atoms with Gasteiger partial charge in [-0.3, -0.25) is 0 Å². The van der Waals surface area contributed by atoms with Crippen LogP contribution in [0, 0.1) is 5.82 Å². The molecule has 0 fully saturated rings. The largest absolute Gasteiger partial charge is 0.478 e. The van der Waals surface area contributed by atoms with Gasteiger partial charge in [-0.25, -0.2) is 9.18 Å². The van der Waals surface area contributed by atoms with Gasteiger partial charge in [-0.05, 0) is 12.1 Å². The summed E-state index contributed by atoms with van der Waals surface area (Å²) in [5, 5.41) is 8.76. The van der Waals surface area contributed by atoms with Gasteiger partial charge < -0.3 is 10.8 Å². The molecule has 0 aliphatic heterocycles. The van der Waals surface area contributed by atoms with Crippen molar-refractivity contribution in [2.24, 2.45) is 0 Å². The molecule has 80 valence electrons. The van der Waals surface area contributed by atoms with Crippen molar-refractivity contribution in [1.29, 1.82) is 0 Å². The third kappa shape index (κ3) is 2.73. The zero-order chi connectivity index (χ0) is 11.4.